The van der Waals surface area contributed by atoms with Crippen LogP contribution in [0.3, 0.4) is 0 Å². The molecule has 0 aromatic heterocycles. The zero-order chi connectivity index (χ0) is 15.0. The minimum Gasteiger partial charge on any atom is -0.545 e. The van der Waals surface area contributed by atoms with Crippen LogP contribution >= 0.6 is 0 Å². The number of carbonyl (C=O) groups is 3. The van der Waals surface area contributed by atoms with Crippen LogP contribution in [0.2, 0.25) is 0 Å². The molecule has 0 aliphatic rings. The van der Waals surface area contributed by atoms with E-state index < -0.39 is 17.9 Å². The first-order valence-corrected chi connectivity index (χ1v) is 4.82. The maximum absolute atomic E-state index is 9.40. The molecule has 0 bridgehead atoms. The molecule has 107 valence electrons. The molecule has 0 aliphatic heterocycles. The SMILES string of the molecule is C/C=C/C(=O)[O-].C/C=C/C(=O)[O-].C/C=C/C(=O)[O-].[Fe+3]. The summed E-state index contributed by atoms with van der Waals surface area (Å²) in [6.07, 6.45) is 7.15. The van der Waals surface area contributed by atoms with E-state index in [1.807, 2.05) is 0 Å². The van der Waals surface area contributed by atoms with Crippen molar-refractivity contribution in [3.05, 3.63) is 36.5 Å². The van der Waals surface area contributed by atoms with Gasteiger partial charge >= 0.3 is 17.1 Å². The zero-order valence-electron chi connectivity index (χ0n) is 10.8. The van der Waals surface area contributed by atoms with Crippen molar-refractivity contribution in [1.29, 1.82) is 0 Å². The van der Waals surface area contributed by atoms with Crippen LogP contribution in [-0.2, 0) is 31.5 Å². The molecule has 19 heavy (non-hydrogen) atoms. The number of rotatable bonds is 3. The number of carboxylic acid groups (broad SMARTS) is 3. The number of allylic oxidation sites excluding steroid dienone is 3. The summed E-state index contributed by atoms with van der Waals surface area (Å²) in [5.41, 5.74) is 0. The first-order chi connectivity index (χ1) is 8.31. The van der Waals surface area contributed by atoms with E-state index in [0.29, 0.717) is 0 Å². The van der Waals surface area contributed by atoms with Crippen LogP contribution in [0.15, 0.2) is 36.5 Å². The fourth-order valence-corrected chi connectivity index (χ4v) is 0.408. The molecule has 0 atom stereocenters. The predicted molar refractivity (Wildman–Crippen MR) is 59.5 cm³/mol. The second-order valence-corrected chi connectivity index (χ2v) is 2.46. The molecule has 0 heterocycles. The Morgan fingerprint density at radius 1 is 0.632 bits per heavy atom. The van der Waals surface area contributed by atoms with Crippen LogP contribution in [0, 0.1) is 0 Å². The molecule has 0 amide bonds. The van der Waals surface area contributed by atoms with E-state index in [-0.39, 0.29) is 17.1 Å². The second kappa shape index (κ2) is 21.4. The summed E-state index contributed by atoms with van der Waals surface area (Å²) in [5.74, 6) is -3.42. The molecule has 0 spiro atoms. The first-order valence-electron chi connectivity index (χ1n) is 4.82. The normalized spacial score (nSPS) is 9.00. The van der Waals surface area contributed by atoms with Crippen LogP contribution in [0.4, 0.5) is 0 Å². The summed E-state index contributed by atoms with van der Waals surface area (Å²) in [4.78, 5) is 28.2. The zero-order valence-corrected chi connectivity index (χ0v) is 11.9. The van der Waals surface area contributed by atoms with Crippen molar-refractivity contribution in [2.45, 2.75) is 20.8 Å². The largest absolute Gasteiger partial charge is 3.00 e. The summed E-state index contributed by atoms with van der Waals surface area (Å²) < 4.78 is 0. The van der Waals surface area contributed by atoms with Gasteiger partial charge in [0.25, 0.3) is 0 Å². The van der Waals surface area contributed by atoms with E-state index in [4.69, 9.17) is 0 Å². The van der Waals surface area contributed by atoms with Gasteiger partial charge in [0.05, 0.1) is 17.9 Å². The van der Waals surface area contributed by atoms with Gasteiger partial charge in [-0.1, -0.05) is 18.2 Å². The van der Waals surface area contributed by atoms with Gasteiger partial charge in [0.1, 0.15) is 0 Å². The predicted octanol–water partition coefficient (Wildman–Crippen LogP) is -2.07. The fraction of sp³-hybridized carbons (Fsp3) is 0.250. The van der Waals surface area contributed by atoms with Gasteiger partial charge in [-0.05, 0) is 39.0 Å². The van der Waals surface area contributed by atoms with Crippen LogP contribution in [0.1, 0.15) is 20.8 Å². The summed E-state index contributed by atoms with van der Waals surface area (Å²) in [5, 5.41) is 28.2. The topological polar surface area (TPSA) is 120 Å². The average molecular weight is 311 g/mol. The van der Waals surface area contributed by atoms with Crippen LogP contribution < -0.4 is 15.3 Å². The third-order valence-electron chi connectivity index (χ3n) is 0.908. The van der Waals surface area contributed by atoms with E-state index in [9.17, 15) is 29.7 Å². The summed E-state index contributed by atoms with van der Waals surface area (Å²) in [6, 6.07) is 0. The summed E-state index contributed by atoms with van der Waals surface area (Å²) >= 11 is 0. The molecule has 0 fully saturated rings. The van der Waals surface area contributed by atoms with E-state index >= 15 is 0 Å². The van der Waals surface area contributed by atoms with Crippen molar-refractivity contribution in [3.63, 3.8) is 0 Å². The summed E-state index contributed by atoms with van der Waals surface area (Å²) in [6.45, 7) is 4.86. The molecule has 1 radical (unpaired) electrons. The van der Waals surface area contributed by atoms with Gasteiger partial charge in [-0.2, -0.15) is 0 Å². The molecule has 7 heteroatoms. The van der Waals surface area contributed by atoms with Gasteiger partial charge in [0.2, 0.25) is 0 Å². The molecular weight excluding hydrogens is 296 g/mol. The molecule has 6 nitrogen and oxygen atoms in total. The van der Waals surface area contributed by atoms with E-state index in [2.05, 4.69) is 0 Å². The molecule has 0 rings (SSSR count). The monoisotopic (exact) mass is 311 g/mol. The third-order valence-corrected chi connectivity index (χ3v) is 0.908. The van der Waals surface area contributed by atoms with Crippen molar-refractivity contribution >= 4 is 17.9 Å². The molecular formula is C12H15FeO6. The maximum Gasteiger partial charge on any atom is 3.00 e. The number of hydrogen-bond acceptors (Lipinski definition) is 6. The van der Waals surface area contributed by atoms with E-state index in [0.717, 1.165) is 18.2 Å². The van der Waals surface area contributed by atoms with Gasteiger partial charge in [-0.25, -0.2) is 0 Å². The van der Waals surface area contributed by atoms with E-state index in [1.165, 1.54) is 18.2 Å². The Bertz CT molecular complexity index is 279. The maximum atomic E-state index is 9.40. The molecule has 0 saturated heterocycles. The van der Waals surface area contributed by atoms with Crippen molar-refractivity contribution in [2.24, 2.45) is 0 Å². The molecule has 0 aromatic carbocycles. The quantitative estimate of drug-likeness (QED) is 0.436. The van der Waals surface area contributed by atoms with Crippen molar-refractivity contribution in [2.75, 3.05) is 0 Å². The van der Waals surface area contributed by atoms with Crippen molar-refractivity contribution in [1.82, 2.24) is 0 Å². The van der Waals surface area contributed by atoms with Gasteiger partial charge in [-0.3, -0.25) is 0 Å². The van der Waals surface area contributed by atoms with Crippen molar-refractivity contribution in [3.8, 4) is 0 Å². The Balaban J connectivity index is -0.0000000865. The first kappa shape index (κ1) is 25.9. The number of hydrogen-bond donors (Lipinski definition) is 0. The summed E-state index contributed by atoms with van der Waals surface area (Å²) in [7, 11) is 0. The Morgan fingerprint density at radius 2 is 0.789 bits per heavy atom. The number of carbonyl (C=O) groups excluding carboxylic acids is 3. The minimum absolute atomic E-state index is 0. The number of aliphatic carboxylic acids is 3. The minimum atomic E-state index is -1.14. The second-order valence-electron chi connectivity index (χ2n) is 2.46. The Labute approximate surface area is 122 Å². The third kappa shape index (κ3) is 63.3. The molecule has 0 aliphatic carbocycles. The Kier molecular flexibility index (Phi) is 29.2. The van der Waals surface area contributed by atoms with Crippen LogP contribution in [-0.4, -0.2) is 17.9 Å². The molecule has 0 saturated carbocycles. The van der Waals surface area contributed by atoms with Crippen LogP contribution in [0.5, 0.6) is 0 Å². The Hall–Kier alpha value is -1.85. The molecule has 0 N–H and O–H groups in total. The van der Waals surface area contributed by atoms with Crippen LogP contribution in [0.25, 0.3) is 0 Å². The number of carboxylic acids is 3. The smallest absolute Gasteiger partial charge is 0.545 e. The fourth-order valence-electron chi connectivity index (χ4n) is 0.408. The molecule has 0 aromatic rings. The van der Waals surface area contributed by atoms with Crippen molar-refractivity contribution < 1.29 is 46.8 Å². The van der Waals surface area contributed by atoms with E-state index in [1.54, 1.807) is 20.8 Å². The van der Waals surface area contributed by atoms with Gasteiger partial charge in [0.15, 0.2) is 0 Å². The van der Waals surface area contributed by atoms with Gasteiger partial charge < -0.3 is 29.7 Å². The van der Waals surface area contributed by atoms with Gasteiger partial charge in [0, 0.05) is 0 Å². The Morgan fingerprint density at radius 3 is 0.789 bits per heavy atom. The standard InChI is InChI=1S/3C4H6O2.Fe/c3*1-2-3-4(5)6;/h3*2-3H,1H3,(H,5,6);/q;;;+3/p-3/b3*3-2+;. The average Bonchev–Trinajstić information content (AvgIpc) is 2.18. The van der Waals surface area contributed by atoms with Gasteiger partial charge in [-0.15, -0.1) is 0 Å². The molecule has 0 unspecified atom stereocenters.